The van der Waals surface area contributed by atoms with E-state index in [1.165, 1.54) is 34.8 Å². The molecule has 2 heterocycles. The third-order valence-corrected chi connectivity index (χ3v) is 5.95. The molecule has 0 fully saturated rings. The second kappa shape index (κ2) is 9.49. The van der Waals surface area contributed by atoms with Crippen LogP contribution >= 0.6 is 22.7 Å². The maximum absolute atomic E-state index is 12.7. The number of rotatable bonds is 7. The Balaban J connectivity index is 1.39. The first-order chi connectivity index (χ1) is 15.4. The van der Waals surface area contributed by atoms with Crippen molar-refractivity contribution in [1.29, 1.82) is 0 Å². The lowest BCUT2D eigenvalue weighted by atomic mass is 10.1. The van der Waals surface area contributed by atoms with E-state index in [9.17, 15) is 18.0 Å². The van der Waals surface area contributed by atoms with Crippen molar-refractivity contribution in [3.05, 3.63) is 81.8 Å². The van der Waals surface area contributed by atoms with Crippen LogP contribution in [0, 0.1) is 0 Å². The molecule has 0 aliphatic carbocycles. The Hall–Kier alpha value is -3.24. The lowest BCUT2D eigenvalue weighted by Gasteiger charge is -2.11. The quantitative estimate of drug-likeness (QED) is 0.354. The number of benzene rings is 2. The summed E-state index contributed by atoms with van der Waals surface area (Å²) < 4.78 is 43.9. The molecule has 0 bridgehead atoms. The normalized spacial score (nSPS) is 11.3. The molecule has 0 unspecified atom stereocenters. The molecule has 32 heavy (non-hydrogen) atoms. The predicted molar refractivity (Wildman–Crippen MR) is 118 cm³/mol. The van der Waals surface area contributed by atoms with Gasteiger partial charge >= 0.3 is 6.18 Å². The van der Waals surface area contributed by atoms with Gasteiger partial charge in [-0.2, -0.15) is 13.2 Å². The van der Waals surface area contributed by atoms with Crippen LogP contribution in [0.25, 0.3) is 10.6 Å². The first kappa shape index (κ1) is 22.0. The number of hydrogen-bond acceptors (Lipinski definition) is 6. The first-order valence-corrected chi connectivity index (χ1v) is 11.2. The van der Waals surface area contributed by atoms with Crippen molar-refractivity contribution in [1.82, 2.24) is 9.97 Å². The molecule has 0 aliphatic heterocycles. The molecule has 0 saturated heterocycles. The van der Waals surface area contributed by atoms with Crippen molar-refractivity contribution < 1.29 is 22.7 Å². The molecular weight excluding hydrogens is 459 g/mol. The minimum Gasteiger partial charge on any atom is -0.485 e. The standard InChI is InChI=1S/C22H16F3N3O2S2/c23-22(24,25)15-7-5-14(6-8-15)21-27-16(12-32-21)9-20(29)28-18-3-1-2-4-19(18)30-10-17-11-31-13-26-17/h1-8,11-13H,9-10H2,(H,28,29). The van der Waals surface area contributed by atoms with Crippen LogP contribution in [0.5, 0.6) is 5.75 Å². The van der Waals surface area contributed by atoms with Crippen LogP contribution in [-0.2, 0) is 24.0 Å². The van der Waals surface area contributed by atoms with Gasteiger partial charge in [0.2, 0.25) is 5.91 Å². The highest BCUT2D eigenvalue weighted by atomic mass is 32.1. The number of halogens is 3. The minimum atomic E-state index is -4.38. The number of nitrogens with zero attached hydrogens (tertiary/aromatic N) is 2. The Morgan fingerprint density at radius 3 is 2.53 bits per heavy atom. The molecule has 0 aliphatic rings. The number of thiazole rings is 2. The largest absolute Gasteiger partial charge is 0.485 e. The van der Waals surface area contributed by atoms with Crippen molar-refractivity contribution in [3.63, 3.8) is 0 Å². The fraction of sp³-hybridized carbons (Fsp3) is 0.136. The maximum atomic E-state index is 12.7. The van der Waals surface area contributed by atoms with Crippen molar-refractivity contribution in [2.45, 2.75) is 19.2 Å². The molecule has 1 amide bonds. The Kier molecular flexibility index (Phi) is 6.52. The van der Waals surface area contributed by atoms with Crippen LogP contribution in [0.3, 0.4) is 0 Å². The molecule has 5 nitrogen and oxygen atoms in total. The molecule has 2 aromatic heterocycles. The van der Waals surface area contributed by atoms with Crippen molar-refractivity contribution in [2.24, 2.45) is 0 Å². The number of carbonyl (C=O) groups is 1. The van der Waals surface area contributed by atoms with Crippen molar-refractivity contribution >= 4 is 34.3 Å². The Morgan fingerprint density at radius 2 is 1.81 bits per heavy atom. The zero-order valence-corrected chi connectivity index (χ0v) is 18.1. The highest BCUT2D eigenvalue weighted by Crippen LogP contribution is 2.32. The van der Waals surface area contributed by atoms with E-state index in [1.807, 2.05) is 11.4 Å². The average Bonchev–Trinajstić information content (AvgIpc) is 3.45. The van der Waals surface area contributed by atoms with Crippen LogP contribution in [-0.4, -0.2) is 15.9 Å². The molecule has 164 valence electrons. The maximum Gasteiger partial charge on any atom is 0.416 e. The van der Waals surface area contributed by atoms with Gasteiger partial charge in [-0.1, -0.05) is 24.3 Å². The number of anilines is 1. The molecule has 10 heteroatoms. The Morgan fingerprint density at radius 1 is 1.03 bits per heavy atom. The molecule has 4 aromatic rings. The summed E-state index contributed by atoms with van der Waals surface area (Å²) in [7, 11) is 0. The summed E-state index contributed by atoms with van der Waals surface area (Å²) in [6.45, 7) is 0.291. The lowest BCUT2D eigenvalue weighted by molar-refractivity contribution is -0.137. The van der Waals surface area contributed by atoms with Gasteiger partial charge in [-0.05, 0) is 24.3 Å². The van der Waals surface area contributed by atoms with Gasteiger partial charge in [-0.3, -0.25) is 4.79 Å². The Labute approximate surface area is 189 Å². The van der Waals surface area contributed by atoms with E-state index in [2.05, 4.69) is 15.3 Å². The van der Waals surface area contributed by atoms with Crippen LogP contribution in [0.4, 0.5) is 18.9 Å². The monoisotopic (exact) mass is 475 g/mol. The van der Waals surface area contributed by atoms with Gasteiger partial charge in [-0.25, -0.2) is 9.97 Å². The summed E-state index contributed by atoms with van der Waals surface area (Å²) in [6.07, 6.45) is -4.36. The molecule has 0 spiro atoms. The van der Waals surface area contributed by atoms with Gasteiger partial charge in [0.25, 0.3) is 0 Å². The number of alkyl halides is 3. The second-order valence-corrected chi connectivity index (χ2v) is 8.29. The smallest absolute Gasteiger partial charge is 0.416 e. The van der Waals surface area contributed by atoms with Gasteiger partial charge in [0.15, 0.2) is 0 Å². The topological polar surface area (TPSA) is 64.1 Å². The van der Waals surface area contributed by atoms with Crippen LogP contribution < -0.4 is 10.1 Å². The molecule has 0 radical (unpaired) electrons. The third kappa shape index (κ3) is 5.51. The summed E-state index contributed by atoms with van der Waals surface area (Å²) in [5.74, 6) is 0.247. The number of amides is 1. The van der Waals surface area contributed by atoms with Gasteiger partial charge in [0, 0.05) is 16.3 Å². The fourth-order valence-electron chi connectivity index (χ4n) is 2.84. The summed E-state index contributed by atoms with van der Waals surface area (Å²) >= 11 is 2.75. The molecular formula is C22H16F3N3O2S2. The summed E-state index contributed by atoms with van der Waals surface area (Å²) in [6, 6.07) is 11.9. The van der Waals surface area contributed by atoms with Gasteiger partial charge < -0.3 is 10.1 Å². The summed E-state index contributed by atoms with van der Waals surface area (Å²) in [4.78, 5) is 21.1. The Bertz CT molecular complexity index is 1190. The molecule has 2 aromatic carbocycles. The number of ether oxygens (including phenoxy) is 1. The van der Waals surface area contributed by atoms with Gasteiger partial charge in [-0.15, -0.1) is 22.7 Å². The van der Waals surface area contributed by atoms with Crippen LogP contribution in [0.15, 0.2) is 64.8 Å². The average molecular weight is 476 g/mol. The zero-order valence-electron chi connectivity index (χ0n) is 16.4. The van der Waals surface area contributed by atoms with Crippen LogP contribution in [0.1, 0.15) is 17.0 Å². The molecule has 1 N–H and O–H groups in total. The lowest BCUT2D eigenvalue weighted by Crippen LogP contribution is -2.15. The fourth-order valence-corrected chi connectivity index (χ4v) is 4.21. The van der Waals surface area contributed by atoms with E-state index in [0.29, 0.717) is 34.3 Å². The second-order valence-electron chi connectivity index (χ2n) is 6.71. The highest BCUT2D eigenvalue weighted by Gasteiger charge is 2.30. The SMILES string of the molecule is O=C(Cc1csc(-c2ccc(C(F)(F)F)cc2)n1)Nc1ccccc1OCc1cscn1. The van der Waals surface area contributed by atoms with E-state index >= 15 is 0 Å². The minimum absolute atomic E-state index is 0.0254. The predicted octanol–water partition coefficient (Wildman–Crippen LogP) is 6.05. The van der Waals surface area contributed by atoms with Crippen molar-refractivity contribution in [3.8, 4) is 16.3 Å². The molecule has 4 rings (SSSR count). The van der Waals surface area contributed by atoms with Crippen molar-refractivity contribution in [2.75, 3.05) is 5.32 Å². The van der Waals surface area contributed by atoms with Gasteiger partial charge in [0.05, 0.1) is 34.6 Å². The number of nitrogens with one attached hydrogen (secondary N) is 1. The van der Waals surface area contributed by atoms with Crippen LogP contribution in [0.2, 0.25) is 0 Å². The number of hydrogen-bond donors (Lipinski definition) is 1. The third-order valence-electron chi connectivity index (χ3n) is 4.37. The van der Waals surface area contributed by atoms with E-state index < -0.39 is 11.7 Å². The van der Waals surface area contributed by atoms with E-state index in [0.717, 1.165) is 17.8 Å². The summed E-state index contributed by atoms with van der Waals surface area (Å²) in [5, 5.41) is 6.98. The zero-order chi connectivity index (χ0) is 22.6. The van der Waals surface area contributed by atoms with Gasteiger partial charge in [0.1, 0.15) is 17.4 Å². The summed E-state index contributed by atoms with van der Waals surface area (Å²) in [5.41, 5.74) is 3.44. The highest BCUT2D eigenvalue weighted by molar-refractivity contribution is 7.13. The molecule has 0 atom stereocenters. The van der Waals surface area contributed by atoms with E-state index in [4.69, 9.17) is 4.74 Å². The number of para-hydroxylation sites is 2. The number of carbonyl (C=O) groups excluding carboxylic acids is 1. The number of aromatic nitrogens is 2. The molecule has 0 saturated carbocycles. The first-order valence-electron chi connectivity index (χ1n) is 9.39. The van der Waals surface area contributed by atoms with E-state index in [-0.39, 0.29) is 12.3 Å². The van der Waals surface area contributed by atoms with E-state index in [1.54, 1.807) is 29.1 Å².